The zero-order valence-corrected chi connectivity index (χ0v) is 13.7. The van der Waals surface area contributed by atoms with Crippen LogP contribution in [0.3, 0.4) is 0 Å². The summed E-state index contributed by atoms with van der Waals surface area (Å²) in [6.45, 7) is 1.64. The monoisotopic (exact) mass is 338 g/mol. The van der Waals surface area contributed by atoms with E-state index in [0.717, 1.165) is 31.2 Å². The molecule has 7 heteroatoms. The predicted octanol–water partition coefficient (Wildman–Crippen LogP) is 3.97. The van der Waals surface area contributed by atoms with Crippen molar-refractivity contribution in [3.63, 3.8) is 0 Å². The fourth-order valence-corrected chi connectivity index (χ4v) is 4.08. The van der Waals surface area contributed by atoms with Crippen LogP contribution in [0.25, 0.3) is 0 Å². The number of hydrogen-bond donors (Lipinski definition) is 1. The van der Waals surface area contributed by atoms with Gasteiger partial charge < -0.3 is 4.52 Å². The Morgan fingerprint density at radius 2 is 1.96 bits per heavy atom. The van der Waals surface area contributed by atoms with Crippen molar-refractivity contribution in [3.05, 3.63) is 41.4 Å². The van der Waals surface area contributed by atoms with Crippen molar-refractivity contribution in [2.45, 2.75) is 49.8 Å². The molecular weight excluding hydrogens is 319 g/mol. The van der Waals surface area contributed by atoms with Gasteiger partial charge in [0.25, 0.3) is 10.0 Å². The van der Waals surface area contributed by atoms with Gasteiger partial charge in [0.2, 0.25) is 0 Å². The Labute approximate surface area is 134 Å². The van der Waals surface area contributed by atoms with Crippen molar-refractivity contribution in [1.29, 1.82) is 0 Å². The molecule has 0 saturated heterocycles. The van der Waals surface area contributed by atoms with Crippen molar-refractivity contribution in [3.8, 4) is 0 Å². The Hall–Kier alpha value is -1.89. The van der Waals surface area contributed by atoms with Crippen molar-refractivity contribution in [1.82, 2.24) is 5.16 Å². The summed E-state index contributed by atoms with van der Waals surface area (Å²) in [4.78, 5) is -0.377. The topological polar surface area (TPSA) is 72.2 Å². The van der Waals surface area contributed by atoms with E-state index in [2.05, 4.69) is 9.88 Å². The van der Waals surface area contributed by atoms with E-state index in [1.165, 1.54) is 24.6 Å². The summed E-state index contributed by atoms with van der Waals surface area (Å²) in [6, 6.07) is 5.82. The first-order valence-corrected chi connectivity index (χ1v) is 9.19. The van der Waals surface area contributed by atoms with E-state index >= 15 is 0 Å². The molecule has 0 atom stereocenters. The van der Waals surface area contributed by atoms with Crippen LogP contribution in [0.5, 0.6) is 0 Å². The maximum Gasteiger partial charge on any atom is 0.266 e. The highest BCUT2D eigenvalue weighted by Crippen LogP contribution is 2.33. The predicted molar refractivity (Wildman–Crippen MR) is 84.3 cm³/mol. The Kier molecular flexibility index (Phi) is 4.39. The van der Waals surface area contributed by atoms with Crippen LogP contribution in [0.4, 0.5) is 10.2 Å². The highest BCUT2D eigenvalue weighted by molar-refractivity contribution is 7.92. The maximum atomic E-state index is 14.3. The molecule has 0 radical (unpaired) electrons. The molecule has 0 amide bonds. The standard InChI is InChI=1S/C16H19FN2O3S/c1-11-9-16(18-22-11)19-23(20,21)15-8-7-13(10-14(15)17)12-5-3-2-4-6-12/h7-10,12H,2-6H2,1H3,(H,18,19). The molecule has 1 aliphatic carbocycles. The zero-order valence-electron chi connectivity index (χ0n) is 12.9. The van der Waals surface area contributed by atoms with E-state index in [1.54, 1.807) is 13.0 Å². The Morgan fingerprint density at radius 3 is 2.57 bits per heavy atom. The molecule has 3 rings (SSSR count). The quantitative estimate of drug-likeness (QED) is 0.915. The van der Waals surface area contributed by atoms with E-state index in [-0.39, 0.29) is 10.7 Å². The minimum atomic E-state index is -4.03. The van der Waals surface area contributed by atoms with Crippen molar-refractivity contribution < 1.29 is 17.3 Å². The number of sulfonamides is 1. The van der Waals surface area contributed by atoms with E-state index in [4.69, 9.17) is 4.52 Å². The minimum absolute atomic E-state index is 0.0401. The molecule has 1 aromatic carbocycles. The fraction of sp³-hybridized carbons (Fsp3) is 0.438. The van der Waals surface area contributed by atoms with Gasteiger partial charge in [0.15, 0.2) is 5.82 Å². The number of benzene rings is 1. The highest BCUT2D eigenvalue weighted by Gasteiger charge is 2.23. The second-order valence-corrected chi connectivity index (χ2v) is 7.60. The normalized spacial score (nSPS) is 16.4. The largest absolute Gasteiger partial charge is 0.360 e. The minimum Gasteiger partial charge on any atom is -0.360 e. The molecular formula is C16H19FN2O3S. The third kappa shape index (κ3) is 3.55. The molecule has 23 heavy (non-hydrogen) atoms. The van der Waals surface area contributed by atoms with Crippen LogP contribution in [-0.2, 0) is 10.0 Å². The van der Waals surface area contributed by atoms with Crippen LogP contribution < -0.4 is 4.72 Å². The first kappa shape index (κ1) is 16.0. The number of aromatic nitrogens is 1. The molecule has 1 aliphatic rings. The van der Waals surface area contributed by atoms with Crippen LogP contribution in [0, 0.1) is 12.7 Å². The molecule has 2 aromatic rings. The SMILES string of the molecule is Cc1cc(NS(=O)(=O)c2ccc(C3CCCCC3)cc2F)no1. The first-order chi connectivity index (χ1) is 11.0. The van der Waals surface area contributed by atoms with E-state index in [0.29, 0.717) is 11.7 Å². The summed E-state index contributed by atoms with van der Waals surface area (Å²) in [5.41, 5.74) is 0.874. The molecule has 1 N–H and O–H groups in total. The van der Waals surface area contributed by atoms with Crippen molar-refractivity contribution in [2.75, 3.05) is 4.72 Å². The molecule has 0 unspecified atom stereocenters. The van der Waals surface area contributed by atoms with Crippen LogP contribution in [0.1, 0.15) is 49.3 Å². The molecule has 1 aromatic heterocycles. The molecule has 0 aliphatic heterocycles. The molecule has 5 nitrogen and oxygen atoms in total. The first-order valence-electron chi connectivity index (χ1n) is 7.71. The second kappa shape index (κ2) is 6.31. The van der Waals surface area contributed by atoms with E-state index in [9.17, 15) is 12.8 Å². The molecule has 0 bridgehead atoms. The average molecular weight is 338 g/mol. The number of halogens is 1. The second-order valence-electron chi connectivity index (χ2n) is 5.95. The van der Waals surface area contributed by atoms with Gasteiger partial charge in [0.1, 0.15) is 16.5 Å². The number of aryl methyl sites for hydroxylation is 1. The van der Waals surface area contributed by atoms with Crippen LogP contribution in [0.15, 0.2) is 33.7 Å². The van der Waals surface area contributed by atoms with Gasteiger partial charge in [-0.3, -0.25) is 4.72 Å². The summed E-state index contributed by atoms with van der Waals surface area (Å²) in [6.07, 6.45) is 5.55. The van der Waals surface area contributed by atoms with Gasteiger partial charge in [-0.25, -0.2) is 12.8 Å². The Bertz CT molecular complexity index is 795. The number of hydrogen-bond acceptors (Lipinski definition) is 4. The van der Waals surface area contributed by atoms with Crippen molar-refractivity contribution >= 4 is 15.8 Å². The Morgan fingerprint density at radius 1 is 1.22 bits per heavy atom. The summed E-state index contributed by atoms with van der Waals surface area (Å²) < 4.78 is 45.9. The number of rotatable bonds is 4. The van der Waals surface area contributed by atoms with Crippen LogP contribution in [0.2, 0.25) is 0 Å². The fourth-order valence-electron chi connectivity index (χ4n) is 3.03. The molecule has 1 saturated carbocycles. The third-order valence-electron chi connectivity index (χ3n) is 4.19. The molecule has 0 spiro atoms. The Balaban J connectivity index is 1.84. The lowest BCUT2D eigenvalue weighted by molar-refractivity contribution is 0.400. The van der Waals surface area contributed by atoms with Crippen LogP contribution >= 0.6 is 0 Å². The molecule has 1 fully saturated rings. The number of nitrogens with one attached hydrogen (secondary N) is 1. The summed E-state index contributed by atoms with van der Waals surface area (Å²) in [5.74, 6) is 0.0935. The van der Waals surface area contributed by atoms with Gasteiger partial charge in [-0.05, 0) is 43.4 Å². The van der Waals surface area contributed by atoms with Crippen molar-refractivity contribution in [2.24, 2.45) is 0 Å². The smallest absolute Gasteiger partial charge is 0.266 e. The molecule has 124 valence electrons. The molecule has 1 heterocycles. The van der Waals surface area contributed by atoms with Gasteiger partial charge in [-0.1, -0.05) is 30.5 Å². The number of nitrogens with zero attached hydrogens (tertiary/aromatic N) is 1. The van der Waals surface area contributed by atoms with Gasteiger partial charge >= 0.3 is 0 Å². The third-order valence-corrected chi connectivity index (χ3v) is 5.58. The van der Waals surface area contributed by atoms with Gasteiger partial charge in [0, 0.05) is 6.07 Å². The zero-order chi connectivity index (χ0) is 16.4. The summed E-state index contributed by atoms with van der Waals surface area (Å²) in [5, 5.41) is 3.56. The lowest BCUT2D eigenvalue weighted by Crippen LogP contribution is -2.15. The summed E-state index contributed by atoms with van der Waals surface area (Å²) in [7, 11) is -4.03. The maximum absolute atomic E-state index is 14.3. The lowest BCUT2D eigenvalue weighted by Gasteiger charge is -2.22. The van der Waals surface area contributed by atoms with Crippen LogP contribution in [-0.4, -0.2) is 13.6 Å². The van der Waals surface area contributed by atoms with E-state index in [1.807, 2.05) is 0 Å². The van der Waals surface area contributed by atoms with E-state index < -0.39 is 15.8 Å². The highest BCUT2D eigenvalue weighted by atomic mass is 32.2. The summed E-state index contributed by atoms with van der Waals surface area (Å²) >= 11 is 0. The lowest BCUT2D eigenvalue weighted by atomic mass is 9.84. The average Bonchev–Trinajstić information content (AvgIpc) is 2.92. The number of anilines is 1. The van der Waals surface area contributed by atoms with Gasteiger partial charge in [0.05, 0.1) is 0 Å². The van der Waals surface area contributed by atoms with Gasteiger partial charge in [-0.15, -0.1) is 0 Å². The van der Waals surface area contributed by atoms with Gasteiger partial charge in [-0.2, -0.15) is 0 Å².